The summed E-state index contributed by atoms with van der Waals surface area (Å²) in [5.74, 6) is 1.11. The van der Waals surface area contributed by atoms with E-state index in [1.54, 1.807) is 13.3 Å². The SMILES string of the molecule is COC1(CCN=C(N)Nc2ccccn2)CCC1. The highest BCUT2D eigenvalue weighted by Crippen LogP contribution is 2.37. The number of ether oxygens (including phenoxy) is 1. The Hall–Kier alpha value is -1.62. The summed E-state index contributed by atoms with van der Waals surface area (Å²) in [5, 5.41) is 2.96. The molecule has 0 unspecified atom stereocenters. The third-order valence-electron chi connectivity index (χ3n) is 3.47. The molecule has 0 spiro atoms. The number of hydrogen-bond donors (Lipinski definition) is 2. The van der Waals surface area contributed by atoms with Crippen LogP contribution in [-0.4, -0.2) is 30.2 Å². The van der Waals surface area contributed by atoms with Crippen LogP contribution in [0.4, 0.5) is 5.82 Å². The van der Waals surface area contributed by atoms with Crippen molar-refractivity contribution in [3.63, 3.8) is 0 Å². The Morgan fingerprint density at radius 2 is 2.39 bits per heavy atom. The first kappa shape index (κ1) is 12.8. The Labute approximate surface area is 107 Å². The number of anilines is 1. The molecule has 5 heteroatoms. The zero-order chi connectivity index (χ0) is 12.8. The fourth-order valence-corrected chi connectivity index (χ4v) is 2.11. The molecule has 1 aliphatic carbocycles. The molecule has 18 heavy (non-hydrogen) atoms. The van der Waals surface area contributed by atoms with Crippen molar-refractivity contribution in [2.45, 2.75) is 31.3 Å². The molecule has 1 saturated carbocycles. The standard InChI is InChI=1S/C13H20N4O/c1-18-13(6-4-7-13)8-10-16-12(14)17-11-5-2-3-9-15-11/h2-3,5,9H,4,6-8,10H2,1H3,(H3,14,15,16,17). The fourth-order valence-electron chi connectivity index (χ4n) is 2.11. The van der Waals surface area contributed by atoms with Crippen LogP contribution in [0.2, 0.25) is 0 Å². The number of methoxy groups -OCH3 is 1. The summed E-state index contributed by atoms with van der Waals surface area (Å²) >= 11 is 0. The molecule has 1 aromatic heterocycles. The molecule has 1 heterocycles. The van der Waals surface area contributed by atoms with Crippen LogP contribution in [-0.2, 0) is 4.74 Å². The zero-order valence-electron chi connectivity index (χ0n) is 10.7. The van der Waals surface area contributed by atoms with E-state index in [9.17, 15) is 0 Å². The first-order chi connectivity index (χ1) is 8.74. The molecule has 0 saturated heterocycles. The van der Waals surface area contributed by atoms with E-state index in [0.717, 1.165) is 19.3 Å². The summed E-state index contributed by atoms with van der Waals surface area (Å²) in [4.78, 5) is 8.42. The number of pyridine rings is 1. The number of aliphatic imine (C=N–C) groups is 1. The molecule has 0 aromatic carbocycles. The van der Waals surface area contributed by atoms with Crippen LogP contribution in [0, 0.1) is 0 Å². The molecule has 0 atom stereocenters. The van der Waals surface area contributed by atoms with Gasteiger partial charge in [-0.25, -0.2) is 4.98 Å². The Kier molecular flexibility index (Phi) is 4.15. The van der Waals surface area contributed by atoms with Crippen molar-refractivity contribution in [1.29, 1.82) is 0 Å². The largest absolute Gasteiger partial charge is 0.378 e. The Morgan fingerprint density at radius 1 is 1.56 bits per heavy atom. The highest BCUT2D eigenvalue weighted by molar-refractivity contribution is 5.91. The van der Waals surface area contributed by atoms with Gasteiger partial charge in [0.15, 0.2) is 5.96 Å². The zero-order valence-corrected chi connectivity index (χ0v) is 10.7. The van der Waals surface area contributed by atoms with Gasteiger partial charge in [-0.3, -0.25) is 4.99 Å². The topological polar surface area (TPSA) is 72.5 Å². The second kappa shape index (κ2) is 5.82. The van der Waals surface area contributed by atoms with Crippen LogP contribution in [0.3, 0.4) is 0 Å². The molecule has 0 bridgehead atoms. The van der Waals surface area contributed by atoms with Gasteiger partial charge in [-0.15, -0.1) is 0 Å². The monoisotopic (exact) mass is 248 g/mol. The van der Waals surface area contributed by atoms with E-state index in [4.69, 9.17) is 10.5 Å². The first-order valence-corrected chi connectivity index (χ1v) is 6.27. The third-order valence-corrected chi connectivity index (χ3v) is 3.47. The van der Waals surface area contributed by atoms with Crippen LogP contribution in [0.25, 0.3) is 0 Å². The predicted molar refractivity (Wildman–Crippen MR) is 72.6 cm³/mol. The van der Waals surface area contributed by atoms with Gasteiger partial charge in [-0.2, -0.15) is 0 Å². The second-order valence-electron chi connectivity index (χ2n) is 4.60. The molecular formula is C13H20N4O. The molecule has 1 aliphatic rings. The quantitative estimate of drug-likeness (QED) is 0.615. The lowest BCUT2D eigenvalue weighted by Gasteiger charge is -2.40. The number of aromatic nitrogens is 1. The van der Waals surface area contributed by atoms with Gasteiger partial charge in [-0.1, -0.05) is 6.07 Å². The van der Waals surface area contributed by atoms with Crippen LogP contribution in [0.5, 0.6) is 0 Å². The van der Waals surface area contributed by atoms with Gasteiger partial charge in [0.1, 0.15) is 5.82 Å². The molecule has 5 nitrogen and oxygen atoms in total. The molecule has 98 valence electrons. The van der Waals surface area contributed by atoms with Gasteiger partial charge in [0.05, 0.1) is 5.60 Å². The maximum atomic E-state index is 5.79. The van der Waals surface area contributed by atoms with E-state index < -0.39 is 0 Å². The van der Waals surface area contributed by atoms with Gasteiger partial charge in [-0.05, 0) is 37.8 Å². The number of hydrogen-bond acceptors (Lipinski definition) is 3. The molecule has 1 aromatic rings. The average molecular weight is 248 g/mol. The highest BCUT2D eigenvalue weighted by Gasteiger charge is 2.36. The molecule has 1 fully saturated rings. The van der Waals surface area contributed by atoms with Crippen LogP contribution in [0.1, 0.15) is 25.7 Å². The molecule has 0 aliphatic heterocycles. The summed E-state index contributed by atoms with van der Waals surface area (Å²) in [7, 11) is 1.78. The maximum absolute atomic E-state index is 5.79. The lowest BCUT2D eigenvalue weighted by atomic mass is 9.77. The number of nitrogens with two attached hydrogens (primary N) is 1. The molecule has 3 N–H and O–H groups in total. The van der Waals surface area contributed by atoms with Crippen LogP contribution < -0.4 is 11.1 Å². The minimum absolute atomic E-state index is 0.0504. The number of nitrogens with one attached hydrogen (secondary N) is 1. The summed E-state index contributed by atoms with van der Waals surface area (Å²) < 4.78 is 5.53. The van der Waals surface area contributed by atoms with Gasteiger partial charge < -0.3 is 15.8 Å². The van der Waals surface area contributed by atoms with Crippen molar-refractivity contribution >= 4 is 11.8 Å². The predicted octanol–water partition coefficient (Wildman–Crippen LogP) is 1.77. The van der Waals surface area contributed by atoms with E-state index in [0.29, 0.717) is 18.3 Å². The first-order valence-electron chi connectivity index (χ1n) is 6.27. The number of guanidine groups is 1. The normalized spacial score (nSPS) is 18.2. The van der Waals surface area contributed by atoms with Crippen LogP contribution in [0.15, 0.2) is 29.4 Å². The summed E-state index contributed by atoms with van der Waals surface area (Å²) in [6, 6.07) is 5.61. The van der Waals surface area contributed by atoms with Crippen molar-refractivity contribution in [1.82, 2.24) is 4.98 Å². The van der Waals surface area contributed by atoms with E-state index in [1.165, 1.54) is 6.42 Å². The van der Waals surface area contributed by atoms with Gasteiger partial charge in [0.25, 0.3) is 0 Å². The van der Waals surface area contributed by atoms with Gasteiger partial charge in [0, 0.05) is 19.9 Å². The molecule has 0 amide bonds. The van der Waals surface area contributed by atoms with Crippen molar-refractivity contribution in [3.8, 4) is 0 Å². The smallest absolute Gasteiger partial charge is 0.194 e. The molecule has 0 radical (unpaired) electrons. The lowest BCUT2D eigenvalue weighted by molar-refractivity contribution is -0.0754. The summed E-state index contributed by atoms with van der Waals surface area (Å²) in [6.07, 6.45) is 6.15. The Morgan fingerprint density at radius 3 is 2.94 bits per heavy atom. The molecular weight excluding hydrogens is 228 g/mol. The Bertz CT molecular complexity index is 395. The Balaban J connectivity index is 1.79. The van der Waals surface area contributed by atoms with Gasteiger partial charge >= 0.3 is 0 Å². The van der Waals surface area contributed by atoms with E-state index in [-0.39, 0.29) is 5.60 Å². The fraction of sp³-hybridized carbons (Fsp3) is 0.538. The van der Waals surface area contributed by atoms with Gasteiger partial charge in [0.2, 0.25) is 0 Å². The van der Waals surface area contributed by atoms with Crippen molar-refractivity contribution < 1.29 is 4.74 Å². The van der Waals surface area contributed by atoms with E-state index >= 15 is 0 Å². The van der Waals surface area contributed by atoms with Crippen LogP contribution >= 0.6 is 0 Å². The highest BCUT2D eigenvalue weighted by atomic mass is 16.5. The minimum Gasteiger partial charge on any atom is -0.378 e. The van der Waals surface area contributed by atoms with Crippen molar-refractivity contribution in [2.24, 2.45) is 10.7 Å². The second-order valence-corrected chi connectivity index (χ2v) is 4.60. The average Bonchev–Trinajstić information content (AvgIpc) is 2.34. The number of nitrogens with zero attached hydrogens (tertiary/aromatic N) is 2. The minimum atomic E-state index is 0.0504. The molecule has 2 rings (SSSR count). The van der Waals surface area contributed by atoms with Crippen molar-refractivity contribution in [2.75, 3.05) is 19.0 Å². The lowest BCUT2D eigenvalue weighted by Crippen LogP contribution is -2.40. The summed E-state index contributed by atoms with van der Waals surface area (Å²) in [6.45, 7) is 0.680. The maximum Gasteiger partial charge on any atom is 0.194 e. The summed E-state index contributed by atoms with van der Waals surface area (Å²) in [5.41, 5.74) is 5.84. The van der Waals surface area contributed by atoms with E-state index in [1.807, 2.05) is 18.2 Å². The number of rotatable bonds is 5. The van der Waals surface area contributed by atoms with Crippen molar-refractivity contribution in [3.05, 3.63) is 24.4 Å². The van der Waals surface area contributed by atoms with E-state index in [2.05, 4.69) is 15.3 Å². The third kappa shape index (κ3) is 3.20.